The zero-order valence-corrected chi connectivity index (χ0v) is 21.7. The van der Waals surface area contributed by atoms with Crippen LogP contribution in [0.15, 0.2) is 47.4 Å². The first-order chi connectivity index (χ1) is 16.6. The van der Waals surface area contributed by atoms with E-state index in [4.69, 9.17) is 38.2 Å². The van der Waals surface area contributed by atoms with Crippen LogP contribution >= 0.6 is 23.2 Å². The highest BCUT2D eigenvalue weighted by molar-refractivity contribution is 7.85. The van der Waals surface area contributed by atoms with Gasteiger partial charge in [-0.25, -0.2) is 0 Å². The predicted octanol–water partition coefficient (Wildman–Crippen LogP) is 3.08. The Balaban J connectivity index is 1.65. The lowest BCUT2D eigenvalue weighted by atomic mass is 10.0. The van der Waals surface area contributed by atoms with Crippen LogP contribution in [-0.4, -0.2) is 75.0 Å². The van der Waals surface area contributed by atoms with Crippen molar-refractivity contribution in [3.8, 4) is 0 Å². The maximum atomic E-state index is 13.3. The van der Waals surface area contributed by atoms with Gasteiger partial charge in [-0.15, -0.1) is 0 Å². The van der Waals surface area contributed by atoms with Crippen molar-refractivity contribution >= 4 is 51.6 Å². The van der Waals surface area contributed by atoms with Gasteiger partial charge in [0.05, 0.1) is 27.3 Å². The second-order valence-electron chi connectivity index (χ2n) is 8.28. The molecule has 0 aliphatic carbocycles. The Morgan fingerprint density at radius 2 is 1.86 bits per heavy atom. The number of aliphatic hydroxyl groups is 2. The minimum atomic E-state index is -1.78. The van der Waals surface area contributed by atoms with Crippen LogP contribution in [0.1, 0.15) is 30.6 Å². The third-order valence-electron chi connectivity index (χ3n) is 5.98. The van der Waals surface area contributed by atoms with Gasteiger partial charge in [0.25, 0.3) is 5.91 Å². The van der Waals surface area contributed by atoms with Crippen LogP contribution in [-0.2, 0) is 20.3 Å². The van der Waals surface area contributed by atoms with Gasteiger partial charge in [-0.05, 0) is 50.2 Å². The number of hydrogen-bond acceptors (Lipinski definition) is 7. The largest absolute Gasteiger partial charge is 0.465 e. The summed E-state index contributed by atoms with van der Waals surface area (Å²) in [7, 11) is -1.78. The molecule has 1 heterocycles. The van der Waals surface area contributed by atoms with Crippen molar-refractivity contribution in [3.63, 3.8) is 0 Å². The Hall–Kier alpha value is -2.17. The Kier molecular flexibility index (Phi) is 9.54. The van der Waals surface area contributed by atoms with Gasteiger partial charge in [-0.2, -0.15) is 0 Å². The molecule has 1 fully saturated rings. The average Bonchev–Trinajstić information content (AvgIpc) is 2.80. The van der Waals surface area contributed by atoms with E-state index in [1.54, 1.807) is 11.0 Å². The quantitative estimate of drug-likeness (QED) is 0.389. The summed E-state index contributed by atoms with van der Waals surface area (Å²) in [6.07, 6.45) is -1.72. The minimum Gasteiger partial charge on any atom is -0.465 e. The molecule has 0 bridgehead atoms. The number of halogens is 2. The number of piperazine rings is 1. The maximum Gasteiger partial charge on any atom is 0.318 e. The van der Waals surface area contributed by atoms with Crippen LogP contribution in [0.3, 0.4) is 0 Å². The van der Waals surface area contributed by atoms with E-state index < -0.39 is 28.8 Å². The van der Waals surface area contributed by atoms with Gasteiger partial charge < -0.3 is 24.7 Å². The summed E-state index contributed by atoms with van der Waals surface area (Å²) in [4.78, 5) is 29.3. The predicted molar refractivity (Wildman–Crippen MR) is 135 cm³/mol. The lowest BCUT2D eigenvalue weighted by Gasteiger charge is -2.46. The fourth-order valence-electron chi connectivity index (χ4n) is 3.94. The van der Waals surface area contributed by atoms with E-state index in [0.717, 1.165) is 5.69 Å². The molecule has 3 atom stereocenters. The fraction of sp³-hybridized carbons (Fsp3) is 0.417. The van der Waals surface area contributed by atoms with Crippen molar-refractivity contribution in [2.24, 2.45) is 0 Å². The third-order valence-corrected chi connectivity index (χ3v) is 7.98. The van der Waals surface area contributed by atoms with E-state index in [2.05, 4.69) is 11.8 Å². The molecule has 1 unspecified atom stereocenters. The average molecular weight is 543 g/mol. The maximum absolute atomic E-state index is 13.3. The lowest BCUT2D eigenvalue weighted by molar-refractivity contribution is -0.143. The molecule has 11 heteroatoms. The SMILES string of the molecule is C[C@H]1[C@H](C)N(c2cccc(Cl)c2)CCN1C(=O)c1ccc(S(=O)CC(=O)OCCC(O)O)c(Cl)c1. The number of benzene rings is 2. The number of carbonyl (C=O) groups excluding carboxylic acids is 2. The van der Waals surface area contributed by atoms with Gasteiger partial charge in [-0.1, -0.05) is 29.3 Å². The van der Waals surface area contributed by atoms with E-state index in [1.807, 2.05) is 31.2 Å². The Labute approximate surface area is 216 Å². The number of hydrogen-bond donors (Lipinski definition) is 2. The summed E-state index contributed by atoms with van der Waals surface area (Å²) in [6.45, 7) is 5.01. The first-order valence-electron chi connectivity index (χ1n) is 11.1. The van der Waals surface area contributed by atoms with Crippen LogP contribution in [0.2, 0.25) is 10.0 Å². The van der Waals surface area contributed by atoms with Gasteiger partial charge >= 0.3 is 5.97 Å². The first-order valence-corrected chi connectivity index (χ1v) is 13.2. The van der Waals surface area contributed by atoms with Crippen molar-refractivity contribution < 1.29 is 28.7 Å². The summed E-state index contributed by atoms with van der Waals surface area (Å²) in [5.41, 5.74) is 1.37. The number of esters is 1. The topological polar surface area (TPSA) is 107 Å². The van der Waals surface area contributed by atoms with E-state index >= 15 is 0 Å². The number of aliphatic hydroxyl groups excluding tert-OH is 1. The molecule has 0 radical (unpaired) electrons. The number of nitrogens with zero attached hydrogens (tertiary/aromatic N) is 2. The number of ether oxygens (including phenoxy) is 1. The minimum absolute atomic E-state index is 0.0476. The van der Waals surface area contributed by atoms with Crippen molar-refractivity contribution in [1.82, 2.24) is 4.90 Å². The molecular formula is C24H28Cl2N2O6S. The molecule has 190 valence electrons. The van der Waals surface area contributed by atoms with Gasteiger partial charge in [0.1, 0.15) is 5.75 Å². The summed E-state index contributed by atoms with van der Waals surface area (Å²) in [6, 6.07) is 12.1. The number of anilines is 1. The zero-order chi connectivity index (χ0) is 25.7. The molecule has 2 aromatic rings. The zero-order valence-electron chi connectivity index (χ0n) is 19.4. The Bertz CT molecular complexity index is 1100. The van der Waals surface area contributed by atoms with Gasteiger partial charge in [-0.3, -0.25) is 13.8 Å². The van der Waals surface area contributed by atoms with E-state index in [1.165, 1.54) is 12.1 Å². The van der Waals surface area contributed by atoms with Crippen LogP contribution in [0.4, 0.5) is 5.69 Å². The Morgan fingerprint density at radius 3 is 2.51 bits per heavy atom. The van der Waals surface area contributed by atoms with Crippen molar-refractivity contribution in [2.75, 3.05) is 30.3 Å². The fourth-order valence-corrected chi connectivity index (χ4v) is 5.51. The summed E-state index contributed by atoms with van der Waals surface area (Å²) < 4.78 is 17.4. The molecule has 2 aromatic carbocycles. The van der Waals surface area contributed by atoms with E-state index in [-0.39, 0.29) is 40.9 Å². The molecule has 0 saturated carbocycles. The molecule has 0 spiro atoms. The van der Waals surface area contributed by atoms with Crippen molar-refractivity contribution in [3.05, 3.63) is 58.1 Å². The molecule has 1 aliphatic rings. The van der Waals surface area contributed by atoms with Crippen LogP contribution in [0.5, 0.6) is 0 Å². The molecule has 1 aliphatic heterocycles. The normalized spacial score (nSPS) is 19.1. The van der Waals surface area contributed by atoms with Crippen molar-refractivity contribution in [1.29, 1.82) is 0 Å². The van der Waals surface area contributed by atoms with Gasteiger partial charge in [0.15, 0.2) is 6.29 Å². The molecule has 1 amide bonds. The molecule has 2 N–H and O–H groups in total. The summed E-state index contributed by atoms with van der Waals surface area (Å²) in [5, 5.41) is 18.3. The van der Waals surface area contributed by atoms with Crippen LogP contribution in [0, 0.1) is 0 Å². The molecule has 0 aromatic heterocycles. The van der Waals surface area contributed by atoms with Crippen molar-refractivity contribution in [2.45, 2.75) is 43.5 Å². The second kappa shape index (κ2) is 12.2. The summed E-state index contributed by atoms with van der Waals surface area (Å²) >= 11 is 12.5. The molecule has 3 rings (SSSR count). The molecule has 8 nitrogen and oxygen atoms in total. The molecule has 35 heavy (non-hydrogen) atoms. The standard InChI is InChI=1S/C24H28Cl2N2O6S/c1-15-16(2)28(10-9-27(15)19-5-3-4-18(25)13-19)24(32)17-6-7-21(20(26)12-17)35(33)14-23(31)34-11-8-22(29)30/h3-7,12-13,15-16,22,29-30H,8-11,14H2,1-2H3/t15-,16-,35?/m0/s1. The molecular weight excluding hydrogens is 515 g/mol. The molecule has 1 saturated heterocycles. The number of carbonyl (C=O) groups is 2. The van der Waals surface area contributed by atoms with E-state index in [9.17, 15) is 13.8 Å². The van der Waals surface area contributed by atoms with Gasteiger partial charge in [0.2, 0.25) is 0 Å². The lowest BCUT2D eigenvalue weighted by Crippen LogP contribution is -2.59. The monoisotopic (exact) mass is 542 g/mol. The Morgan fingerprint density at radius 1 is 1.11 bits per heavy atom. The highest BCUT2D eigenvalue weighted by Crippen LogP contribution is 2.28. The first kappa shape index (κ1) is 27.4. The number of amides is 1. The van der Waals surface area contributed by atoms with Gasteiger partial charge in [0, 0.05) is 47.9 Å². The number of rotatable bonds is 8. The summed E-state index contributed by atoms with van der Waals surface area (Å²) in [5.74, 6) is -1.37. The second-order valence-corrected chi connectivity index (χ2v) is 10.5. The smallest absolute Gasteiger partial charge is 0.318 e. The highest BCUT2D eigenvalue weighted by atomic mass is 35.5. The third kappa shape index (κ3) is 6.95. The van der Waals surface area contributed by atoms with Crippen LogP contribution < -0.4 is 4.90 Å². The van der Waals surface area contributed by atoms with E-state index in [0.29, 0.717) is 23.7 Å². The van der Waals surface area contributed by atoms with Crippen LogP contribution in [0.25, 0.3) is 0 Å². The highest BCUT2D eigenvalue weighted by Gasteiger charge is 2.34.